The van der Waals surface area contributed by atoms with Crippen molar-refractivity contribution in [2.45, 2.75) is 33.1 Å². The van der Waals surface area contributed by atoms with Crippen LogP contribution >= 0.6 is 0 Å². The number of aliphatic hydroxyl groups excluding tert-OH is 1. The van der Waals surface area contributed by atoms with Crippen LogP contribution in [-0.4, -0.2) is 38.0 Å². The molecule has 2 N–H and O–H groups in total. The molecule has 2 atom stereocenters. The van der Waals surface area contributed by atoms with Crippen LogP contribution in [0, 0.1) is 11.3 Å². The molecule has 3 nitrogen and oxygen atoms in total. The molecule has 2 unspecified atom stereocenters. The Bertz CT molecular complexity index is 163. The van der Waals surface area contributed by atoms with E-state index < -0.39 is 0 Å². The molecule has 0 radical (unpaired) electrons. The second kappa shape index (κ2) is 6.46. The lowest BCUT2D eigenvalue weighted by molar-refractivity contribution is 0.134. The zero-order valence-corrected chi connectivity index (χ0v) is 10.1. The SMILES string of the molecule is CCC(C)(CO)CNCCC1CCOC1. The molecule has 1 heterocycles. The van der Waals surface area contributed by atoms with E-state index in [4.69, 9.17) is 4.74 Å². The van der Waals surface area contributed by atoms with Crippen LogP contribution in [0.5, 0.6) is 0 Å². The van der Waals surface area contributed by atoms with Crippen molar-refractivity contribution >= 4 is 0 Å². The molecule has 1 aliphatic heterocycles. The molecule has 1 rings (SSSR count). The third kappa shape index (κ3) is 4.49. The molecule has 1 aliphatic rings. The molecule has 90 valence electrons. The van der Waals surface area contributed by atoms with Gasteiger partial charge in [-0.15, -0.1) is 0 Å². The Balaban J connectivity index is 2.04. The Hall–Kier alpha value is -0.120. The number of nitrogens with one attached hydrogen (secondary N) is 1. The van der Waals surface area contributed by atoms with E-state index in [0.717, 1.165) is 38.6 Å². The molecule has 0 aromatic heterocycles. The average molecular weight is 215 g/mol. The van der Waals surface area contributed by atoms with Crippen LogP contribution in [0.15, 0.2) is 0 Å². The summed E-state index contributed by atoms with van der Waals surface area (Å²) < 4.78 is 5.33. The Morgan fingerprint density at radius 1 is 1.53 bits per heavy atom. The number of ether oxygens (including phenoxy) is 1. The van der Waals surface area contributed by atoms with Crippen molar-refractivity contribution in [2.24, 2.45) is 11.3 Å². The van der Waals surface area contributed by atoms with E-state index in [1.54, 1.807) is 0 Å². The van der Waals surface area contributed by atoms with Crippen LogP contribution in [0.3, 0.4) is 0 Å². The van der Waals surface area contributed by atoms with Gasteiger partial charge in [-0.2, -0.15) is 0 Å². The topological polar surface area (TPSA) is 41.5 Å². The summed E-state index contributed by atoms with van der Waals surface area (Å²) in [6.07, 6.45) is 3.43. The van der Waals surface area contributed by atoms with Crippen LogP contribution in [0.4, 0.5) is 0 Å². The van der Waals surface area contributed by atoms with Gasteiger partial charge >= 0.3 is 0 Å². The molecular formula is C12H25NO2. The first-order chi connectivity index (χ1) is 7.20. The molecule has 0 amide bonds. The molecule has 0 saturated carbocycles. The van der Waals surface area contributed by atoms with Gasteiger partial charge in [0, 0.05) is 31.8 Å². The van der Waals surface area contributed by atoms with E-state index in [9.17, 15) is 5.11 Å². The van der Waals surface area contributed by atoms with E-state index in [-0.39, 0.29) is 12.0 Å². The Kier molecular flexibility index (Phi) is 5.58. The van der Waals surface area contributed by atoms with E-state index in [0.29, 0.717) is 0 Å². The first-order valence-electron chi connectivity index (χ1n) is 6.09. The molecular weight excluding hydrogens is 190 g/mol. The van der Waals surface area contributed by atoms with Gasteiger partial charge in [0.25, 0.3) is 0 Å². The lowest BCUT2D eigenvalue weighted by Gasteiger charge is -2.26. The molecule has 1 saturated heterocycles. The highest BCUT2D eigenvalue weighted by molar-refractivity contribution is 4.74. The number of rotatable bonds is 7. The van der Waals surface area contributed by atoms with E-state index >= 15 is 0 Å². The van der Waals surface area contributed by atoms with Gasteiger partial charge in [-0.25, -0.2) is 0 Å². The maximum Gasteiger partial charge on any atom is 0.0496 e. The summed E-state index contributed by atoms with van der Waals surface area (Å²) >= 11 is 0. The summed E-state index contributed by atoms with van der Waals surface area (Å²) in [7, 11) is 0. The predicted molar refractivity (Wildman–Crippen MR) is 61.9 cm³/mol. The summed E-state index contributed by atoms with van der Waals surface area (Å²) in [5.74, 6) is 0.750. The standard InChI is InChI=1S/C12H25NO2/c1-3-12(2,10-14)9-13-6-4-11-5-7-15-8-11/h11,13-14H,3-10H2,1-2H3. The first kappa shape index (κ1) is 12.9. The molecule has 3 heteroatoms. The zero-order chi connectivity index (χ0) is 11.1. The molecule has 0 bridgehead atoms. The maximum absolute atomic E-state index is 9.24. The van der Waals surface area contributed by atoms with Gasteiger partial charge in [0.05, 0.1) is 0 Å². The normalized spacial score (nSPS) is 25.4. The quantitative estimate of drug-likeness (QED) is 0.631. The van der Waals surface area contributed by atoms with Crippen molar-refractivity contribution in [1.29, 1.82) is 0 Å². The fraction of sp³-hybridized carbons (Fsp3) is 1.00. The van der Waals surface area contributed by atoms with Gasteiger partial charge in [0.15, 0.2) is 0 Å². The van der Waals surface area contributed by atoms with Crippen LogP contribution in [0.2, 0.25) is 0 Å². The summed E-state index contributed by atoms with van der Waals surface area (Å²) in [6.45, 7) is 8.35. The van der Waals surface area contributed by atoms with Crippen LogP contribution in [-0.2, 0) is 4.74 Å². The van der Waals surface area contributed by atoms with Gasteiger partial charge < -0.3 is 15.2 Å². The van der Waals surface area contributed by atoms with Crippen molar-refractivity contribution in [3.05, 3.63) is 0 Å². The lowest BCUT2D eigenvalue weighted by Crippen LogP contribution is -2.35. The van der Waals surface area contributed by atoms with Crippen molar-refractivity contribution in [2.75, 3.05) is 32.9 Å². The van der Waals surface area contributed by atoms with Crippen molar-refractivity contribution in [1.82, 2.24) is 5.32 Å². The number of hydrogen-bond acceptors (Lipinski definition) is 3. The minimum absolute atomic E-state index is 0.0478. The molecule has 1 fully saturated rings. The first-order valence-corrected chi connectivity index (χ1v) is 6.09. The van der Waals surface area contributed by atoms with Crippen LogP contribution in [0.25, 0.3) is 0 Å². The second-order valence-electron chi connectivity index (χ2n) is 5.02. The van der Waals surface area contributed by atoms with E-state index in [2.05, 4.69) is 19.2 Å². The lowest BCUT2D eigenvalue weighted by atomic mass is 9.88. The van der Waals surface area contributed by atoms with E-state index in [1.165, 1.54) is 12.8 Å². The Labute approximate surface area is 93.2 Å². The van der Waals surface area contributed by atoms with Gasteiger partial charge in [0.1, 0.15) is 0 Å². The molecule has 0 spiro atoms. The predicted octanol–water partition coefficient (Wildman–Crippen LogP) is 1.41. The largest absolute Gasteiger partial charge is 0.396 e. The second-order valence-corrected chi connectivity index (χ2v) is 5.02. The Morgan fingerprint density at radius 3 is 2.87 bits per heavy atom. The zero-order valence-electron chi connectivity index (χ0n) is 10.1. The van der Waals surface area contributed by atoms with Crippen molar-refractivity contribution in [3.8, 4) is 0 Å². The smallest absolute Gasteiger partial charge is 0.0496 e. The van der Waals surface area contributed by atoms with Crippen molar-refractivity contribution in [3.63, 3.8) is 0 Å². The number of hydrogen-bond donors (Lipinski definition) is 2. The van der Waals surface area contributed by atoms with E-state index in [1.807, 2.05) is 0 Å². The fourth-order valence-corrected chi connectivity index (χ4v) is 1.80. The average Bonchev–Trinajstić information content (AvgIpc) is 2.77. The van der Waals surface area contributed by atoms with Gasteiger partial charge in [-0.3, -0.25) is 0 Å². The molecule has 15 heavy (non-hydrogen) atoms. The summed E-state index contributed by atoms with van der Waals surface area (Å²) in [6, 6.07) is 0. The van der Waals surface area contributed by atoms with Crippen molar-refractivity contribution < 1.29 is 9.84 Å². The van der Waals surface area contributed by atoms with Crippen LogP contribution in [0.1, 0.15) is 33.1 Å². The molecule has 0 aliphatic carbocycles. The molecule has 0 aromatic carbocycles. The minimum Gasteiger partial charge on any atom is -0.396 e. The van der Waals surface area contributed by atoms with Gasteiger partial charge in [0.2, 0.25) is 0 Å². The Morgan fingerprint density at radius 2 is 2.33 bits per heavy atom. The number of aliphatic hydroxyl groups is 1. The van der Waals surface area contributed by atoms with Crippen LogP contribution < -0.4 is 5.32 Å². The highest BCUT2D eigenvalue weighted by Gasteiger charge is 2.20. The highest BCUT2D eigenvalue weighted by atomic mass is 16.5. The van der Waals surface area contributed by atoms with Gasteiger partial charge in [-0.05, 0) is 31.7 Å². The molecule has 0 aromatic rings. The van der Waals surface area contributed by atoms with Gasteiger partial charge in [-0.1, -0.05) is 13.8 Å². The third-order valence-corrected chi connectivity index (χ3v) is 3.54. The maximum atomic E-state index is 9.24. The fourth-order valence-electron chi connectivity index (χ4n) is 1.80. The summed E-state index contributed by atoms with van der Waals surface area (Å²) in [5.41, 5.74) is 0.0478. The minimum atomic E-state index is 0.0478. The summed E-state index contributed by atoms with van der Waals surface area (Å²) in [4.78, 5) is 0. The monoisotopic (exact) mass is 215 g/mol. The summed E-state index contributed by atoms with van der Waals surface area (Å²) in [5, 5.41) is 12.7. The third-order valence-electron chi connectivity index (χ3n) is 3.54. The highest BCUT2D eigenvalue weighted by Crippen LogP contribution is 2.19.